The molecule has 3 rings (SSSR count). The first-order valence-electron chi connectivity index (χ1n) is 9.42. The van der Waals surface area contributed by atoms with Crippen molar-refractivity contribution < 1.29 is 9.53 Å². The Morgan fingerprint density at radius 3 is 2.62 bits per heavy atom. The molecule has 0 saturated carbocycles. The van der Waals surface area contributed by atoms with Crippen molar-refractivity contribution in [3.05, 3.63) is 36.0 Å². The molecular weight excluding hydrogens is 328 g/mol. The number of amides is 1. The van der Waals surface area contributed by atoms with Gasteiger partial charge >= 0.3 is 0 Å². The zero-order valence-corrected chi connectivity index (χ0v) is 15.7. The van der Waals surface area contributed by atoms with Crippen molar-refractivity contribution in [1.82, 2.24) is 20.1 Å². The molecule has 1 N–H and O–H groups in total. The fourth-order valence-corrected chi connectivity index (χ4v) is 3.28. The van der Waals surface area contributed by atoms with Crippen molar-refractivity contribution in [3.63, 3.8) is 0 Å². The third-order valence-corrected chi connectivity index (χ3v) is 4.62. The number of hydrogen-bond donors (Lipinski definition) is 1. The molecule has 1 aromatic carbocycles. The Hall–Kier alpha value is -2.18. The third-order valence-electron chi connectivity index (χ3n) is 4.62. The molecule has 1 amide bonds. The van der Waals surface area contributed by atoms with Crippen LogP contribution < -0.4 is 10.1 Å². The molecule has 0 spiro atoms. The Labute approximate surface area is 155 Å². The first-order valence-corrected chi connectivity index (χ1v) is 9.42. The summed E-state index contributed by atoms with van der Waals surface area (Å²) in [7, 11) is 0. The predicted octanol–water partition coefficient (Wildman–Crippen LogP) is 1.89. The molecular formula is C20H28N4O2. The number of piperazine rings is 1. The summed E-state index contributed by atoms with van der Waals surface area (Å²) in [5, 5.41) is 3.96. The van der Waals surface area contributed by atoms with E-state index in [2.05, 4.69) is 27.2 Å². The minimum Gasteiger partial charge on any atom is -0.494 e. The van der Waals surface area contributed by atoms with Crippen LogP contribution >= 0.6 is 0 Å². The number of likely N-dealkylation sites (N-methyl/N-ethyl adjacent to an activating group) is 1. The monoisotopic (exact) mass is 356 g/mol. The molecule has 1 fully saturated rings. The van der Waals surface area contributed by atoms with Gasteiger partial charge in [0.2, 0.25) is 5.91 Å². The molecule has 0 unspecified atom stereocenters. The fourth-order valence-electron chi connectivity index (χ4n) is 3.28. The Morgan fingerprint density at radius 1 is 1.12 bits per heavy atom. The number of rotatable bonds is 7. The van der Waals surface area contributed by atoms with Crippen LogP contribution in [0.25, 0.3) is 10.9 Å². The van der Waals surface area contributed by atoms with E-state index in [4.69, 9.17) is 9.72 Å². The first kappa shape index (κ1) is 18.6. The van der Waals surface area contributed by atoms with E-state index in [1.165, 1.54) is 0 Å². The van der Waals surface area contributed by atoms with Gasteiger partial charge in [-0.3, -0.25) is 19.6 Å². The maximum Gasteiger partial charge on any atom is 0.234 e. The van der Waals surface area contributed by atoms with Gasteiger partial charge in [-0.15, -0.1) is 0 Å². The van der Waals surface area contributed by atoms with Crippen molar-refractivity contribution in [2.45, 2.75) is 20.4 Å². The number of aromatic nitrogens is 1. The van der Waals surface area contributed by atoms with E-state index >= 15 is 0 Å². The number of nitrogens with one attached hydrogen (secondary N) is 1. The van der Waals surface area contributed by atoms with Gasteiger partial charge in [0.15, 0.2) is 0 Å². The maximum absolute atomic E-state index is 11.7. The van der Waals surface area contributed by atoms with Crippen LogP contribution in [0.3, 0.4) is 0 Å². The largest absolute Gasteiger partial charge is 0.494 e. The smallest absolute Gasteiger partial charge is 0.234 e. The van der Waals surface area contributed by atoms with Crippen LogP contribution in [-0.4, -0.2) is 66.6 Å². The normalized spacial score (nSPS) is 15.9. The van der Waals surface area contributed by atoms with Crippen molar-refractivity contribution in [2.24, 2.45) is 0 Å². The molecule has 1 aliphatic heterocycles. The Morgan fingerprint density at radius 2 is 1.88 bits per heavy atom. The number of hydrogen-bond acceptors (Lipinski definition) is 5. The number of fused-ring (bicyclic) bond motifs is 1. The van der Waals surface area contributed by atoms with Gasteiger partial charge in [0, 0.05) is 44.7 Å². The molecule has 0 atom stereocenters. The summed E-state index contributed by atoms with van der Waals surface area (Å²) in [6.45, 7) is 10.4. The first-order chi connectivity index (χ1) is 12.7. The second-order valence-corrected chi connectivity index (χ2v) is 6.60. The van der Waals surface area contributed by atoms with Gasteiger partial charge in [0.25, 0.3) is 0 Å². The van der Waals surface area contributed by atoms with Crippen LogP contribution in [0.5, 0.6) is 5.75 Å². The maximum atomic E-state index is 11.7. The van der Waals surface area contributed by atoms with Crippen LogP contribution in [0.15, 0.2) is 30.3 Å². The second kappa shape index (κ2) is 8.96. The van der Waals surface area contributed by atoms with Crippen LogP contribution in [0.2, 0.25) is 0 Å². The van der Waals surface area contributed by atoms with Gasteiger partial charge < -0.3 is 10.1 Å². The highest BCUT2D eigenvalue weighted by Gasteiger charge is 2.19. The highest BCUT2D eigenvalue weighted by molar-refractivity contribution is 5.80. The van der Waals surface area contributed by atoms with Crippen LogP contribution in [0.4, 0.5) is 0 Å². The standard InChI is InChI=1S/C20H28N4O2/c1-3-21-20(25)15-24-11-9-23(10-12-24)14-17-6-5-16-13-18(26-4-2)7-8-19(16)22-17/h5-8,13H,3-4,9-12,14-15H2,1-2H3,(H,21,25). The van der Waals surface area contributed by atoms with E-state index in [9.17, 15) is 4.79 Å². The summed E-state index contributed by atoms with van der Waals surface area (Å²) in [6, 6.07) is 10.2. The number of carbonyl (C=O) groups is 1. The lowest BCUT2D eigenvalue weighted by atomic mass is 10.2. The van der Waals surface area contributed by atoms with Gasteiger partial charge in [-0.2, -0.15) is 0 Å². The molecule has 26 heavy (non-hydrogen) atoms. The van der Waals surface area contributed by atoms with Crippen LogP contribution in [0, 0.1) is 0 Å². The average Bonchev–Trinajstić information content (AvgIpc) is 2.64. The molecule has 2 aromatic rings. The van der Waals surface area contributed by atoms with Crippen molar-refractivity contribution in [3.8, 4) is 5.75 Å². The average molecular weight is 356 g/mol. The number of nitrogens with zero attached hydrogens (tertiary/aromatic N) is 3. The number of pyridine rings is 1. The van der Waals surface area contributed by atoms with E-state index in [1.807, 2.05) is 32.0 Å². The number of carbonyl (C=O) groups excluding carboxylic acids is 1. The van der Waals surface area contributed by atoms with E-state index in [1.54, 1.807) is 0 Å². The van der Waals surface area contributed by atoms with Crippen molar-refractivity contribution >= 4 is 16.8 Å². The summed E-state index contributed by atoms with van der Waals surface area (Å²) >= 11 is 0. The molecule has 1 saturated heterocycles. The molecule has 1 aromatic heterocycles. The van der Waals surface area contributed by atoms with Gasteiger partial charge in [-0.25, -0.2) is 0 Å². The molecule has 1 aliphatic rings. The summed E-state index contributed by atoms with van der Waals surface area (Å²) in [5.41, 5.74) is 2.08. The lowest BCUT2D eigenvalue weighted by molar-refractivity contribution is -0.122. The SMILES string of the molecule is CCNC(=O)CN1CCN(Cc2ccc3cc(OCC)ccc3n2)CC1. The molecule has 0 radical (unpaired) electrons. The second-order valence-electron chi connectivity index (χ2n) is 6.60. The number of ether oxygens (including phenoxy) is 1. The Balaban J connectivity index is 1.55. The predicted molar refractivity (Wildman–Crippen MR) is 103 cm³/mol. The minimum atomic E-state index is 0.114. The lowest BCUT2D eigenvalue weighted by Gasteiger charge is -2.34. The van der Waals surface area contributed by atoms with E-state index in [0.717, 1.165) is 55.1 Å². The number of benzene rings is 1. The van der Waals surface area contributed by atoms with E-state index < -0.39 is 0 Å². The molecule has 0 bridgehead atoms. The zero-order chi connectivity index (χ0) is 18.4. The minimum absolute atomic E-state index is 0.114. The molecule has 0 aliphatic carbocycles. The zero-order valence-electron chi connectivity index (χ0n) is 15.7. The van der Waals surface area contributed by atoms with Gasteiger partial charge in [-0.1, -0.05) is 6.07 Å². The quantitative estimate of drug-likeness (QED) is 0.821. The molecule has 2 heterocycles. The summed E-state index contributed by atoms with van der Waals surface area (Å²) in [4.78, 5) is 21.1. The van der Waals surface area contributed by atoms with Gasteiger partial charge in [0.05, 0.1) is 24.4 Å². The fraction of sp³-hybridized carbons (Fsp3) is 0.500. The Kier molecular flexibility index (Phi) is 6.41. The highest BCUT2D eigenvalue weighted by atomic mass is 16.5. The summed E-state index contributed by atoms with van der Waals surface area (Å²) < 4.78 is 5.55. The molecule has 6 nitrogen and oxygen atoms in total. The van der Waals surface area contributed by atoms with Crippen LogP contribution in [-0.2, 0) is 11.3 Å². The topological polar surface area (TPSA) is 57.7 Å². The molecule has 140 valence electrons. The van der Waals surface area contributed by atoms with Gasteiger partial charge in [-0.05, 0) is 38.1 Å². The lowest BCUT2D eigenvalue weighted by Crippen LogP contribution is -2.49. The van der Waals surface area contributed by atoms with E-state index in [-0.39, 0.29) is 5.91 Å². The summed E-state index contributed by atoms with van der Waals surface area (Å²) in [6.07, 6.45) is 0. The van der Waals surface area contributed by atoms with Gasteiger partial charge in [0.1, 0.15) is 5.75 Å². The van der Waals surface area contributed by atoms with Crippen molar-refractivity contribution in [2.75, 3.05) is 45.9 Å². The Bertz CT molecular complexity index is 742. The van der Waals surface area contributed by atoms with Crippen LogP contribution in [0.1, 0.15) is 19.5 Å². The highest BCUT2D eigenvalue weighted by Crippen LogP contribution is 2.20. The summed E-state index contributed by atoms with van der Waals surface area (Å²) in [5.74, 6) is 1.00. The van der Waals surface area contributed by atoms with Crippen molar-refractivity contribution in [1.29, 1.82) is 0 Å². The van der Waals surface area contributed by atoms with E-state index in [0.29, 0.717) is 19.7 Å². The third kappa shape index (κ3) is 4.93. The molecule has 6 heteroatoms.